The number of nitrogens with one attached hydrogen (secondary N) is 1. The van der Waals surface area contributed by atoms with E-state index in [1.165, 1.54) is 17.5 Å². The fraction of sp³-hybridized carbons (Fsp3) is 0.636. The van der Waals surface area contributed by atoms with E-state index in [1.54, 1.807) is 0 Å². The van der Waals surface area contributed by atoms with E-state index in [0.717, 1.165) is 57.2 Å². The molecule has 0 radical (unpaired) electrons. The molecular formula is C22H32N2O3. The molecule has 1 N–H and O–H groups in total. The summed E-state index contributed by atoms with van der Waals surface area (Å²) in [5.41, 5.74) is 2.76. The van der Waals surface area contributed by atoms with Crippen LogP contribution in [0, 0.1) is 5.92 Å². The number of carbonyl (C=O) groups excluding carboxylic acids is 2. The Hall–Kier alpha value is -2.04. The number of benzene rings is 1. The third kappa shape index (κ3) is 5.47. The van der Waals surface area contributed by atoms with Gasteiger partial charge < -0.3 is 15.0 Å². The van der Waals surface area contributed by atoms with E-state index in [2.05, 4.69) is 24.4 Å². The van der Waals surface area contributed by atoms with Gasteiger partial charge in [0.15, 0.2) is 6.61 Å². The Morgan fingerprint density at radius 3 is 2.70 bits per heavy atom. The van der Waals surface area contributed by atoms with E-state index in [-0.39, 0.29) is 24.3 Å². The molecule has 0 aromatic heterocycles. The van der Waals surface area contributed by atoms with E-state index in [0.29, 0.717) is 13.1 Å². The molecule has 1 aromatic carbocycles. The van der Waals surface area contributed by atoms with Gasteiger partial charge in [0.05, 0.1) is 0 Å². The first-order chi connectivity index (χ1) is 13.2. The first-order valence-electron chi connectivity index (χ1n) is 10.5. The van der Waals surface area contributed by atoms with Gasteiger partial charge in [-0.1, -0.05) is 25.8 Å². The van der Waals surface area contributed by atoms with Gasteiger partial charge in [0, 0.05) is 25.6 Å². The maximum Gasteiger partial charge on any atom is 0.260 e. The van der Waals surface area contributed by atoms with Gasteiger partial charge in [-0.15, -0.1) is 0 Å². The van der Waals surface area contributed by atoms with Crippen molar-refractivity contribution >= 4 is 11.8 Å². The maximum atomic E-state index is 12.4. The molecule has 148 valence electrons. The van der Waals surface area contributed by atoms with E-state index in [1.807, 2.05) is 11.0 Å². The molecule has 0 saturated carbocycles. The summed E-state index contributed by atoms with van der Waals surface area (Å²) in [5.74, 6) is 0.976. The van der Waals surface area contributed by atoms with E-state index >= 15 is 0 Å². The second-order valence-electron chi connectivity index (χ2n) is 7.73. The summed E-state index contributed by atoms with van der Waals surface area (Å²) < 4.78 is 5.73. The largest absolute Gasteiger partial charge is 0.484 e. The van der Waals surface area contributed by atoms with Crippen molar-refractivity contribution in [2.45, 2.75) is 58.3 Å². The van der Waals surface area contributed by atoms with Gasteiger partial charge in [0.2, 0.25) is 5.91 Å². The number of rotatable bonds is 8. The van der Waals surface area contributed by atoms with Gasteiger partial charge in [0.25, 0.3) is 5.91 Å². The highest BCUT2D eigenvalue weighted by molar-refractivity contribution is 5.80. The van der Waals surface area contributed by atoms with Crippen LogP contribution in [0.5, 0.6) is 5.75 Å². The van der Waals surface area contributed by atoms with Crippen molar-refractivity contribution in [3.8, 4) is 5.75 Å². The molecule has 1 aliphatic heterocycles. The van der Waals surface area contributed by atoms with Crippen molar-refractivity contribution in [3.63, 3.8) is 0 Å². The second-order valence-corrected chi connectivity index (χ2v) is 7.73. The van der Waals surface area contributed by atoms with Gasteiger partial charge in [-0.3, -0.25) is 9.59 Å². The van der Waals surface area contributed by atoms with Crippen LogP contribution < -0.4 is 10.1 Å². The molecule has 0 unspecified atom stereocenters. The Morgan fingerprint density at radius 2 is 1.93 bits per heavy atom. The average Bonchev–Trinajstić information content (AvgIpc) is 3.17. The molecule has 2 amide bonds. The van der Waals surface area contributed by atoms with Gasteiger partial charge in [-0.05, 0) is 61.8 Å². The lowest BCUT2D eigenvalue weighted by Gasteiger charge is -2.31. The first kappa shape index (κ1) is 19.7. The SMILES string of the molecule is CCCCCNC(=O)C1CCN(C(=O)COc2ccc3c(c2)CCC3)CC1. The number of nitrogens with zero attached hydrogens (tertiary/aromatic N) is 1. The number of hydrogen-bond acceptors (Lipinski definition) is 3. The Labute approximate surface area is 162 Å². The molecule has 0 spiro atoms. The topological polar surface area (TPSA) is 58.6 Å². The van der Waals surface area contributed by atoms with Crippen LogP contribution in [0.25, 0.3) is 0 Å². The van der Waals surface area contributed by atoms with Crippen molar-refractivity contribution in [2.75, 3.05) is 26.2 Å². The lowest BCUT2D eigenvalue weighted by molar-refractivity contribution is -0.137. The number of unbranched alkanes of at least 4 members (excludes halogenated alkanes) is 2. The third-order valence-electron chi connectivity index (χ3n) is 5.73. The quantitative estimate of drug-likeness (QED) is 0.714. The van der Waals surface area contributed by atoms with Crippen molar-refractivity contribution in [1.29, 1.82) is 0 Å². The van der Waals surface area contributed by atoms with E-state index in [9.17, 15) is 9.59 Å². The highest BCUT2D eigenvalue weighted by Crippen LogP contribution is 2.26. The molecular weight excluding hydrogens is 340 g/mol. The number of piperidine rings is 1. The zero-order valence-corrected chi connectivity index (χ0v) is 16.5. The monoisotopic (exact) mass is 372 g/mol. The van der Waals surface area contributed by atoms with Gasteiger partial charge in [-0.25, -0.2) is 0 Å². The summed E-state index contributed by atoms with van der Waals surface area (Å²) in [6.45, 7) is 4.27. The Kier molecular flexibility index (Phi) is 7.13. The molecule has 5 nitrogen and oxygen atoms in total. The van der Waals surface area contributed by atoms with Crippen molar-refractivity contribution in [2.24, 2.45) is 5.92 Å². The van der Waals surface area contributed by atoms with Crippen molar-refractivity contribution in [3.05, 3.63) is 29.3 Å². The molecule has 0 atom stereocenters. The van der Waals surface area contributed by atoms with E-state index < -0.39 is 0 Å². The van der Waals surface area contributed by atoms with Crippen LogP contribution in [0.15, 0.2) is 18.2 Å². The minimum Gasteiger partial charge on any atom is -0.484 e. The summed E-state index contributed by atoms with van der Waals surface area (Å²) >= 11 is 0. The lowest BCUT2D eigenvalue weighted by atomic mass is 9.96. The highest BCUT2D eigenvalue weighted by Gasteiger charge is 2.27. The number of fused-ring (bicyclic) bond motifs is 1. The van der Waals surface area contributed by atoms with Crippen molar-refractivity contribution in [1.82, 2.24) is 10.2 Å². The zero-order chi connectivity index (χ0) is 19.1. The number of hydrogen-bond donors (Lipinski definition) is 1. The number of ether oxygens (including phenoxy) is 1. The smallest absolute Gasteiger partial charge is 0.260 e. The fourth-order valence-corrected chi connectivity index (χ4v) is 4.00. The molecule has 2 aliphatic rings. The fourth-order valence-electron chi connectivity index (χ4n) is 4.00. The van der Waals surface area contributed by atoms with Crippen LogP contribution in [0.4, 0.5) is 0 Å². The standard InChI is InChI=1S/C22H32N2O3/c1-2-3-4-12-23-22(26)18-10-13-24(14-11-18)21(25)16-27-20-9-8-17-6-5-7-19(17)15-20/h8-9,15,18H,2-7,10-14,16H2,1H3,(H,23,26). The highest BCUT2D eigenvalue weighted by atomic mass is 16.5. The summed E-state index contributed by atoms with van der Waals surface area (Å²) in [7, 11) is 0. The summed E-state index contributed by atoms with van der Waals surface area (Å²) in [6, 6.07) is 6.16. The predicted molar refractivity (Wildman–Crippen MR) is 106 cm³/mol. The Bertz CT molecular complexity index is 651. The van der Waals surface area contributed by atoms with Crippen LogP contribution in [-0.4, -0.2) is 43.0 Å². The van der Waals surface area contributed by atoms with Crippen LogP contribution >= 0.6 is 0 Å². The molecule has 1 aliphatic carbocycles. The molecule has 1 aromatic rings. The number of aryl methyl sites for hydroxylation is 2. The normalized spacial score (nSPS) is 16.9. The summed E-state index contributed by atoms with van der Waals surface area (Å²) in [4.78, 5) is 26.5. The third-order valence-corrected chi connectivity index (χ3v) is 5.73. The number of carbonyl (C=O) groups is 2. The van der Waals surface area contributed by atoms with Crippen LogP contribution in [0.1, 0.15) is 56.6 Å². The molecule has 1 saturated heterocycles. The zero-order valence-electron chi connectivity index (χ0n) is 16.5. The van der Waals surface area contributed by atoms with Gasteiger partial charge in [0.1, 0.15) is 5.75 Å². The van der Waals surface area contributed by atoms with Crippen LogP contribution in [-0.2, 0) is 22.4 Å². The van der Waals surface area contributed by atoms with Crippen molar-refractivity contribution < 1.29 is 14.3 Å². The molecule has 3 rings (SSSR count). The number of likely N-dealkylation sites (tertiary alicyclic amines) is 1. The summed E-state index contributed by atoms with van der Waals surface area (Å²) in [6.07, 6.45) is 8.29. The molecule has 5 heteroatoms. The predicted octanol–water partition coefficient (Wildman–Crippen LogP) is 3.10. The first-order valence-corrected chi connectivity index (χ1v) is 10.5. The molecule has 1 heterocycles. The van der Waals surface area contributed by atoms with Gasteiger partial charge >= 0.3 is 0 Å². The Morgan fingerprint density at radius 1 is 1.15 bits per heavy atom. The molecule has 1 fully saturated rings. The summed E-state index contributed by atoms with van der Waals surface area (Å²) in [5, 5.41) is 3.03. The number of amides is 2. The van der Waals surface area contributed by atoms with Crippen LogP contribution in [0.2, 0.25) is 0 Å². The minimum atomic E-state index is 0.0114. The van der Waals surface area contributed by atoms with E-state index in [4.69, 9.17) is 4.74 Å². The molecule has 27 heavy (non-hydrogen) atoms. The minimum absolute atomic E-state index is 0.0114. The maximum absolute atomic E-state index is 12.4. The molecule has 0 bridgehead atoms. The average molecular weight is 373 g/mol. The lowest BCUT2D eigenvalue weighted by Crippen LogP contribution is -2.44. The van der Waals surface area contributed by atoms with Crippen LogP contribution in [0.3, 0.4) is 0 Å². The Balaban J connectivity index is 1.37. The second kappa shape index (κ2) is 9.77. The van der Waals surface area contributed by atoms with Gasteiger partial charge in [-0.2, -0.15) is 0 Å².